The van der Waals surface area contributed by atoms with Gasteiger partial charge in [-0.05, 0) is 102 Å². The van der Waals surface area contributed by atoms with Crippen molar-refractivity contribution in [1.29, 1.82) is 0 Å². The van der Waals surface area contributed by atoms with E-state index in [1.54, 1.807) is 0 Å². The van der Waals surface area contributed by atoms with Gasteiger partial charge in [-0.15, -0.1) is 0 Å². The summed E-state index contributed by atoms with van der Waals surface area (Å²) >= 11 is 7.61. The minimum Gasteiger partial charge on any atom is -0.456 e. The fourth-order valence-electron chi connectivity index (χ4n) is 4.44. The molecule has 0 amide bonds. The second-order valence-electron chi connectivity index (χ2n) is 8.55. The molecule has 0 atom stereocenters. The standard InChI is InChI=1S/C32H21Br2NO/c33-29-21-32(36-28-12-2-1-3-13-28)30(34)20-31(29)35(26-16-14-22-8-4-6-10-24(22)18-26)27-17-15-23-9-5-7-11-25(23)19-27/h1-21H. The number of fused-ring (bicyclic) bond motifs is 2. The Morgan fingerprint density at radius 1 is 0.472 bits per heavy atom. The molecule has 0 saturated heterocycles. The van der Waals surface area contributed by atoms with E-state index in [-0.39, 0.29) is 0 Å². The molecule has 0 aliphatic heterocycles. The Bertz CT molecular complexity index is 1620. The van der Waals surface area contributed by atoms with Crippen molar-refractivity contribution in [3.8, 4) is 11.5 Å². The molecule has 0 unspecified atom stereocenters. The van der Waals surface area contributed by atoms with E-state index in [9.17, 15) is 0 Å². The number of benzene rings is 6. The average molecular weight is 595 g/mol. The lowest BCUT2D eigenvalue weighted by molar-refractivity contribution is 0.479. The van der Waals surface area contributed by atoms with Gasteiger partial charge in [0.25, 0.3) is 0 Å². The molecule has 6 aromatic rings. The van der Waals surface area contributed by atoms with Crippen molar-refractivity contribution >= 4 is 70.5 Å². The van der Waals surface area contributed by atoms with Gasteiger partial charge in [0.15, 0.2) is 0 Å². The van der Waals surface area contributed by atoms with Crippen LogP contribution in [0.2, 0.25) is 0 Å². The molecule has 0 saturated carbocycles. The van der Waals surface area contributed by atoms with Crippen LogP contribution in [0.1, 0.15) is 0 Å². The third-order valence-corrected chi connectivity index (χ3v) is 7.45. The van der Waals surface area contributed by atoms with Crippen LogP contribution >= 0.6 is 31.9 Å². The van der Waals surface area contributed by atoms with Crippen molar-refractivity contribution in [3.05, 3.63) is 136 Å². The number of ether oxygens (including phenoxy) is 1. The number of rotatable bonds is 5. The molecule has 4 heteroatoms. The van der Waals surface area contributed by atoms with E-state index in [1.807, 2.05) is 36.4 Å². The molecular weight excluding hydrogens is 574 g/mol. The molecule has 0 fully saturated rings. The van der Waals surface area contributed by atoms with Crippen LogP contribution < -0.4 is 9.64 Å². The number of hydrogen-bond acceptors (Lipinski definition) is 2. The van der Waals surface area contributed by atoms with Gasteiger partial charge in [0, 0.05) is 15.8 Å². The van der Waals surface area contributed by atoms with Gasteiger partial charge in [-0.3, -0.25) is 0 Å². The van der Waals surface area contributed by atoms with E-state index < -0.39 is 0 Å². The van der Waals surface area contributed by atoms with Gasteiger partial charge in [0.05, 0.1) is 10.2 Å². The molecule has 0 spiro atoms. The molecule has 174 valence electrons. The first kappa shape index (κ1) is 22.8. The highest BCUT2D eigenvalue weighted by Crippen LogP contribution is 2.45. The van der Waals surface area contributed by atoms with Crippen molar-refractivity contribution in [1.82, 2.24) is 0 Å². The summed E-state index contributed by atoms with van der Waals surface area (Å²) in [7, 11) is 0. The Morgan fingerprint density at radius 2 is 1.00 bits per heavy atom. The van der Waals surface area contributed by atoms with Gasteiger partial charge in [-0.25, -0.2) is 0 Å². The van der Waals surface area contributed by atoms with E-state index in [4.69, 9.17) is 4.74 Å². The zero-order valence-electron chi connectivity index (χ0n) is 19.2. The van der Waals surface area contributed by atoms with Crippen molar-refractivity contribution in [3.63, 3.8) is 0 Å². The lowest BCUT2D eigenvalue weighted by atomic mass is 10.1. The number of halogens is 2. The van der Waals surface area contributed by atoms with Gasteiger partial charge in [0.2, 0.25) is 0 Å². The molecule has 0 heterocycles. The van der Waals surface area contributed by atoms with E-state index in [1.165, 1.54) is 21.5 Å². The normalized spacial score (nSPS) is 11.1. The Balaban J connectivity index is 1.51. The van der Waals surface area contributed by atoms with Crippen LogP contribution in [0, 0.1) is 0 Å². The van der Waals surface area contributed by atoms with Crippen LogP contribution in [0.4, 0.5) is 17.1 Å². The monoisotopic (exact) mass is 593 g/mol. The average Bonchev–Trinajstić information content (AvgIpc) is 2.92. The van der Waals surface area contributed by atoms with Crippen molar-refractivity contribution in [2.24, 2.45) is 0 Å². The zero-order valence-corrected chi connectivity index (χ0v) is 22.4. The molecule has 0 bridgehead atoms. The van der Waals surface area contributed by atoms with Crippen molar-refractivity contribution in [2.75, 3.05) is 4.90 Å². The quantitative estimate of drug-likeness (QED) is 0.197. The van der Waals surface area contributed by atoms with E-state index in [0.29, 0.717) is 0 Å². The van der Waals surface area contributed by atoms with Crippen LogP contribution in [-0.4, -0.2) is 0 Å². The van der Waals surface area contributed by atoms with Crippen LogP contribution in [0.5, 0.6) is 11.5 Å². The molecule has 0 radical (unpaired) electrons. The van der Waals surface area contributed by atoms with Crippen LogP contribution in [0.25, 0.3) is 21.5 Å². The summed E-state index contributed by atoms with van der Waals surface area (Å²) in [5.41, 5.74) is 3.16. The third kappa shape index (κ3) is 4.50. The fraction of sp³-hybridized carbons (Fsp3) is 0. The highest BCUT2D eigenvalue weighted by atomic mass is 79.9. The molecule has 0 aromatic heterocycles. The topological polar surface area (TPSA) is 12.5 Å². The highest BCUT2D eigenvalue weighted by Gasteiger charge is 2.19. The Labute approximate surface area is 227 Å². The molecule has 0 aliphatic carbocycles. The highest BCUT2D eigenvalue weighted by molar-refractivity contribution is 9.11. The first-order chi connectivity index (χ1) is 17.7. The number of anilines is 3. The number of nitrogens with zero attached hydrogens (tertiary/aromatic N) is 1. The Hall–Kier alpha value is -3.60. The summed E-state index contributed by atoms with van der Waals surface area (Å²) in [6, 6.07) is 44.0. The maximum atomic E-state index is 6.16. The van der Waals surface area contributed by atoms with E-state index >= 15 is 0 Å². The lowest BCUT2D eigenvalue weighted by Gasteiger charge is -2.28. The van der Waals surface area contributed by atoms with Crippen molar-refractivity contribution < 1.29 is 4.74 Å². The minimum atomic E-state index is 0.744. The van der Waals surface area contributed by atoms with Crippen LogP contribution in [0.3, 0.4) is 0 Å². The SMILES string of the molecule is Brc1cc(N(c2ccc3ccccc3c2)c2ccc3ccccc3c2)c(Br)cc1Oc1ccccc1. The van der Waals surface area contributed by atoms with E-state index in [0.717, 1.165) is 37.5 Å². The van der Waals surface area contributed by atoms with Gasteiger partial charge in [-0.2, -0.15) is 0 Å². The third-order valence-electron chi connectivity index (χ3n) is 6.20. The summed E-state index contributed by atoms with van der Waals surface area (Å²) in [6.45, 7) is 0. The largest absolute Gasteiger partial charge is 0.456 e. The smallest absolute Gasteiger partial charge is 0.142 e. The van der Waals surface area contributed by atoms with Gasteiger partial charge in [-0.1, -0.05) is 78.9 Å². The van der Waals surface area contributed by atoms with Gasteiger partial charge < -0.3 is 9.64 Å². The Morgan fingerprint density at radius 3 is 1.58 bits per heavy atom. The summed E-state index contributed by atoms with van der Waals surface area (Å²) in [4.78, 5) is 2.28. The second-order valence-corrected chi connectivity index (χ2v) is 10.3. The number of hydrogen-bond donors (Lipinski definition) is 0. The molecule has 36 heavy (non-hydrogen) atoms. The number of para-hydroxylation sites is 1. The summed E-state index contributed by atoms with van der Waals surface area (Å²) < 4.78 is 7.96. The van der Waals surface area contributed by atoms with E-state index in [2.05, 4.69) is 128 Å². The predicted molar refractivity (Wildman–Crippen MR) is 158 cm³/mol. The maximum Gasteiger partial charge on any atom is 0.142 e. The molecule has 0 N–H and O–H groups in total. The van der Waals surface area contributed by atoms with Crippen LogP contribution in [0.15, 0.2) is 136 Å². The first-order valence-electron chi connectivity index (χ1n) is 11.7. The van der Waals surface area contributed by atoms with Gasteiger partial charge >= 0.3 is 0 Å². The minimum absolute atomic E-state index is 0.744. The van der Waals surface area contributed by atoms with Gasteiger partial charge in [0.1, 0.15) is 11.5 Å². The fourth-order valence-corrected chi connectivity index (χ4v) is 5.35. The second kappa shape index (κ2) is 9.81. The predicted octanol–water partition coefficient (Wildman–Crippen LogP) is 10.8. The van der Waals surface area contributed by atoms with Crippen LogP contribution in [-0.2, 0) is 0 Å². The van der Waals surface area contributed by atoms with Crippen molar-refractivity contribution in [2.45, 2.75) is 0 Å². The lowest BCUT2D eigenvalue weighted by Crippen LogP contribution is -2.11. The molecule has 6 rings (SSSR count). The molecule has 2 nitrogen and oxygen atoms in total. The maximum absolute atomic E-state index is 6.16. The molecule has 6 aromatic carbocycles. The molecule has 0 aliphatic rings. The Kier molecular flexibility index (Phi) is 6.22. The molecular formula is C32H21Br2NO. The summed E-state index contributed by atoms with van der Waals surface area (Å²) in [5, 5.41) is 4.82. The summed E-state index contributed by atoms with van der Waals surface area (Å²) in [6.07, 6.45) is 0. The zero-order chi connectivity index (χ0) is 24.5. The summed E-state index contributed by atoms with van der Waals surface area (Å²) in [5.74, 6) is 1.53. The first-order valence-corrected chi connectivity index (χ1v) is 13.2.